The highest BCUT2D eigenvalue weighted by atomic mass is 79.9. The summed E-state index contributed by atoms with van der Waals surface area (Å²) in [6.45, 7) is 10.7. The van der Waals surface area contributed by atoms with Crippen LogP contribution >= 0.6 is 27.5 Å². The van der Waals surface area contributed by atoms with Gasteiger partial charge in [-0.3, -0.25) is 4.90 Å². The fourth-order valence-electron chi connectivity index (χ4n) is 4.85. The first-order valence-electron chi connectivity index (χ1n) is 11.7. The van der Waals surface area contributed by atoms with Crippen LogP contribution in [0.15, 0.2) is 16.6 Å². The van der Waals surface area contributed by atoms with Crippen molar-refractivity contribution in [2.24, 2.45) is 0 Å². The smallest absolute Gasteiger partial charge is 0.410 e. The highest BCUT2D eigenvalue weighted by Crippen LogP contribution is 2.45. The summed E-state index contributed by atoms with van der Waals surface area (Å²) in [6, 6.07) is 3.81. The Morgan fingerprint density at radius 2 is 2.09 bits per heavy atom. The molecule has 9 heteroatoms. The van der Waals surface area contributed by atoms with Gasteiger partial charge in [0.2, 0.25) is 0 Å². The van der Waals surface area contributed by atoms with Crippen molar-refractivity contribution in [3.8, 4) is 5.75 Å². The molecule has 33 heavy (non-hydrogen) atoms. The van der Waals surface area contributed by atoms with Crippen LogP contribution in [0.25, 0.3) is 0 Å². The summed E-state index contributed by atoms with van der Waals surface area (Å²) in [6.07, 6.45) is 3.27. The zero-order chi connectivity index (χ0) is 23.8. The molecule has 0 aromatic heterocycles. The summed E-state index contributed by atoms with van der Waals surface area (Å²) in [5, 5.41) is 0.620. The number of fused-ring (bicyclic) bond motifs is 1. The lowest BCUT2D eigenvalue weighted by Gasteiger charge is -2.37. The normalized spacial score (nSPS) is 27.8. The molecule has 0 radical (unpaired) electrons. The van der Waals surface area contributed by atoms with E-state index >= 15 is 0 Å². The summed E-state index contributed by atoms with van der Waals surface area (Å²) in [5.41, 5.74) is -0.125. The van der Waals surface area contributed by atoms with Crippen LogP contribution in [-0.2, 0) is 14.2 Å². The SMILES string of the molecule is CC(C)(C)OC(=O)N1C[C@@H](N2CCOc3cc(Cl)cc(Br)c32)C[C@]1(C)COC1CCCCO1. The van der Waals surface area contributed by atoms with Crippen LogP contribution < -0.4 is 9.64 Å². The number of halogens is 2. The molecule has 4 rings (SSSR count). The van der Waals surface area contributed by atoms with Crippen molar-refractivity contribution in [1.29, 1.82) is 0 Å². The minimum atomic E-state index is -0.575. The van der Waals surface area contributed by atoms with E-state index < -0.39 is 11.1 Å². The van der Waals surface area contributed by atoms with E-state index in [9.17, 15) is 4.79 Å². The molecule has 1 unspecified atom stereocenters. The highest BCUT2D eigenvalue weighted by Gasteiger charge is 2.49. The molecule has 3 aliphatic heterocycles. The molecule has 1 aromatic carbocycles. The van der Waals surface area contributed by atoms with Crippen LogP contribution in [0.1, 0.15) is 53.4 Å². The Bertz CT molecular complexity index is 873. The van der Waals surface area contributed by atoms with Gasteiger partial charge in [-0.15, -0.1) is 0 Å². The quantitative estimate of drug-likeness (QED) is 0.490. The third kappa shape index (κ3) is 5.72. The summed E-state index contributed by atoms with van der Waals surface area (Å²) in [5.74, 6) is 0.755. The molecule has 0 N–H and O–H groups in total. The van der Waals surface area contributed by atoms with Gasteiger partial charge >= 0.3 is 6.09 Å². The third-order valence-corrected chi connectivity index (χ3v) is 7.19. The van der Waals surface area contributed by atoms with Gasteiger partial charge in [0.25, 0.3) is 0 Å². The predicted molar refractivity (Wildman–Crippen MR) is 131 cm³/mol. The van der Waals surface area contributed by atoms with Crippen LogP contribution in [0, 0.1) is 0 Å². The molecule has 3 atom stereocenters. The average molecular weight is 546 g/mol. The minimum Gasteiger partial charge on any atom is -0.489 e. The summed E-state index contributed by atoms with van der Waals surface area (Å²) < 4.78 is 24.5. The molecule has 1 aromatic rings. The zero-order valence-electron chi connectivity index (χ0n) is 19.9. The second-order valence-corrected chi connectivity index (χ2v) is 11.6. The zero-order valence-corrected chi connectivity index (χ0v) is 22.2. The van der Waals surface area contributed by atoms with Gasteiger partial charge in [-0.1, -0.05) is 11.6 Å². The van der Waals surface area contributed by atoms with Crippen LogP contribution in [0.4, 0.5) is 10.5 Å². The molecule has 0 bridgehead atoms. The second kappa shape index (κ2) is 9.80. The molecule has 0 aliphatic carbocycles. The van der Waals surface area contributed by atoms with Crippen LogP contribution in [0.5, 0.6) is 5.75 Å². The minimum absolute atomic E-state index is 0.0820. The molecular formula is C24H34BrClN2O5. The third-order valence-electron chi connectivity index (χ3n) is 6.36. The average Bonchev–Trinajstić information content (AvgIpc) is 3.09. The van der Waals surface area contributed by atoms with E-state index in [0.29, 0.717) is 24.8 Å². The maximum Gasteiger partial charge on any atom is 0.410 e. The van der Waals surface area contributed by atoms with Gasteiger partial charge in [0.15, 0.2) is 6.29 Å². The van der Waals surface area contributed by atoms with E-state index in [1.165, 1.54) is 0 Å². The number of nitrogens with zero attached hydrogens (tertiary/aromatic N) is 2. The van der Waals surface area contributed by atoms with Crippen molar-refractivity contribution in [3.05, 3.63) is 21.6 Å². The van der Waals surface area contributed by atoms with Gasteiger partial charge in [0.05, 0.1) is 24.4 Å². The first kappa shape index (κ1) is 24.9. The van der Waals surface area contributed by atoms with Gasteiger partial charge in [0, 0.05) is 34.8 Å². The lowest BCUT2D eigenvalue weighted by atomic mass is 9.97. The van der Waals surface area contributed by atoms with E-state index in [1.807, 2.05) is 37.8 Å². The van der Waals surface area contributed by atoms with E-state index in [1.54, 1.807) is 0 Å². The van der Waals surface area contributed by atoms with Gasteiger partial charge in [-0.05, 0) is 75.4 Å². The fraction of sp³-hybridized carbons (Fsp3) is 0.708. The summed E-state index contributed by atoms with van der Waals surface area (Å²) in [7, 11) is 0. The Morgan fingerprint density at radius 3 is 2.79 bits per heavy atom. The number of carbonyl (C=O) groups excluding carboxylic acids is 1. The van der Waals surface area contributed by atoms with Gasteiger partial charge < -0.3 is 23.8 Å². The first-order chi connectivity index (χ1) is 15.6. The maximum atomic E-state index is 13.3. The number of carbonyl (C=O) groups is 1. The summed E-state index contributed by atoms with van der Waals surface area (Å²) >= 11 is 9.91. The molecule has 2 fully saturated rings. The van der Waals surface area contributed by atoms with E-state index in [-0.39, 0.29) is 18.4 Å². The van der Waals surface area contributed by atoms with Crippen LogP contribution in [0.2, 0.25) is 5.02 Å². The highest BCUT2D eigenvalue weighted by molar-refractivity contribution is 9.10. The Hall–Kier alpha value is -1.22. The lowest BCUT2D eigenvalue weighted by Crippen LogP contribution is -2.50. The number of anilines is 1. The van der Waals surface area contributed by atoms with Gasteiger partial charge in [-0.25, -0.2) is 4.79 Å². The molecule has 184 valence electrons. The van der Waals surface area contributed by atoms with Crippen LogP contribution in [-0.4, -0.2) is 67.4 Å². The number of benzene rings is 1. The molecule has 0 saturated carbocycles. The molecule has 7 nitrogen and oxygen atoms in total. The Kier molecular flexibility index (Phi) is 7.39. The monoisotopic (exact) mass is 544 g/mol. The molecular weight excluding hydrogens is 512 g/mol. The van der Waals surface area contributed by atoms with Crippen LogP contribution in [0.3, 0.4) is 0 Å². The number of hydrogen-bond donors (Lipinski definition) is 0. The standard InChI is InChI=1S/C24H34BrClN2O5/c1-23(2,3)33-22(29)28-14-17(13-24(28,4)15-32-20-7-5-6-9-31-20)27-8-10-30-19-12-16(26)11-18(25)21(19)27/h11-12,17,20H,5-10,13-15H2,1-4H3/t17-,20?,24+/m0/s1. The van der Waals surface area contributed by atoms with Gasteiger partial charge in [0.1, 0.15) is 18.0 Å². The Morgan fingerprint density at radius 1 is 1.30 bits per heavy atom. The fourth-order valence-corrected chi connectivity index (χ4v) is 5.86. The number of likely N-dealkylation sites (tertiary alicyclic amines) is 1. The second-order valence-electron chi connectivity index (χ2n) is 10.3. The molecule has 1 amide bonds. The topological polar surface area (TPSA) is 60.5 Å². The van der Waals surface area contributed by atoms with E-state index in [4.69, 9.17) is 30.5 Å². The molecule has 2 saturated heterocycles. The van der Waals surface area contributed by atoms with Crippen molar-refractivity contribution in [2.45, 2.75) is 76.9 Å². The van der Waals surface area contributed by atoms with Crippen molar-refractivity contribution in [3.63, 3.8) is 0 Å². The number of ether oxygens (including phenoxy) is 4. The molecule has 3 aliphatic rings. The number of hydrogen-bond acceptors (Lipinski definition) is 6. The maximum absolute atomic E-state index is 13.3. The van der Waals surface area contributed by atoms with Crippen molar-refractivity contribution in [1.82, 2.24) is 4.90 Å². The largest absolute Gasteiger partial charge is 0.489 e. The van der Waals surface area contributed by atoms with Crippen molar-refractivity contribution < 1.29 is 23.7 Å². The van der Waals surface area contributed by atoms with Gasteiger partial charge in [-0.2, -0.15) is 0 Å². The molecule has 0 spiro atoms. The first-order valence-corrected chi connectivity index (χ1v) is 12.9. The summed E-state index contributed by atoms with van der Waals surface area (Å²) in [4.78, 5) is 17.4. The number of amides is 1. The van der Waals surface area contributed by atoms with E-state index in [2.05, 4.69) is 27.8 Å². The van der Waals surface area contributed by atoms with Crippen molar-refractivity contribution >= 4 is 39.3 Å². The predicted octanol–water partition coefficient (Wildman–Crippen LogP) is 5.61. The number of rotatable bonds is 4. The van der Waals surface area contributed by atoms with Crippen molar-refractivity contribution in [2.75, 3.05) is 37.8 Å². The van der Waals surface area contributed by atoms with E-state index in [0.717, 1.165) is 54.7 Å². The Labute approximate surface area is 209 Å². The Balaban J connectivity index is 1.58. The molecule has 3 heterocycles. The lowest BCUT2D eigenvalue weighted by molar-refractivity contribution is -0.177.